The van der Waals surface area contributed by atoms with E-state index in [4.69, 9.17) is 0 Å². The molecule has 1 aliphatic rings. The third-order valence-electron chi connectivity index (χ3n) is 3.24. The standard InChI is InChI=1S/C16H17NO2/c1-2-8-17-11-14-15(18)9-13(10-16(14)19)12-6-4-3-5-7-12/h2-7,11,13,17H,1,8-10H2. The Bertz CT molecular complexity index is 497. The first kappa shape index (κ1) is 13.3. The fourth-order valence-electron chi connectivity index (χ4n) is 2.26. The molecule has 1 N–H and O–H groups in total. The van der Waals surface area contributed by atoms with Gasteiger partial charge in [-0.25, -0.2) is 0 Å². The molecule has 1 aromatic carbocycles. The highest BCUT2D eigenvalue weighted by Crippen LogP contribution is 2.31. The summed E-state index contributed by atoms with van der Waals surface area (Å²) in [6.45, 7) is 4.12. The Morgan fingerprint density at radius 3 is 2.37 bits per heavy atom. The number of rotatable bonds is 4. The molecule has 1 aliphatic carbocycles. The molecule has 0 heterocycles. The Morgan fingerprint density at radius 2 is 1.79 bits per heavy atom. The molecule has 98 valence electrons. The molecule has 0 radical (unpaired) electrons. The van der Waals surface area contributed by atoms with Gasteiger partial charge in [-0.2, -0.15) is 0 Å². The van der Waals surface area contributed by atoms with Crippen molar-refractivity contribution in [1.82, 2.24) is 5.32 Å². The molecule has 1 saturated carbocycles. The first-order chi connectivity index (χ1) is 9.22. The molecule has 0 spiro atoms. The molecule has 0 amide bonds. The molecular weight excluding hydrogens is 238 g/mol. The van der Waals surface area contributed by atoms with Crippen molar-refractivity contribution in [2.45, 2.75) is 18.8 Å². The van der Waals surface area contributed by atoms with Crippen molar-refractivity contribution >= 4 is 11.6 Å². The van der Waals surface area contributed by atoms with Crippen molar-refractivity contribution in [3.05, 3.63) is 60.3 Å². The second kappa shape index (κ2) is 6.14. The number of allylic oxidation sites excluding steroid dienone is 1. The summed E-state index contributed by atoms with van der Waals surface area (Å²) < 4.78 is 0. The Labute approximate surface area is 113 Å². The number of nitrogens with one attached hydrogen (secondary N) is 1. The van der Waals surface area contributed by atoms with Gasteiger partial charge in [0.25, 0.3) is 0 Å². The van der Waals surface area contributed by atoms with E-state index in [-0.39, 0.29) is 23.1 Å². The predicted molar refractivity (Wildman–Crippen MR) is 74.7 cm³/mol. The maximum Gasteiger partial charge on any atom is 0.168 e. The van der Waals surface area contributed by atoms with Gasteiger partial charge in [-0.15, -0.1) is 6.58 Å². The normalized spacial score (nSPS) is 19.2. The quantitative estimate of drug-likeness (QED) is 0.389. The van der Waals surface area contributed by atoms with Crippen molar-refractivity contribution in [2.75, 3.05) is 6.54 Å². The summed E-state index contributed by atoms with van der Waals surface area (Å²) in [5.41, 5.74) is 1.34. The lowest BCUT2D eigenvalue weighted by Crippen LogP contribution is -2.26. The van der Waals surface area contributed by atoms with Crippen LogP contribution in [-0.4, -0.2) is 18.1 Å². The number of Topliss-reactive ketones (excluding diaryl/α,β-unsaturated/α-hetero) is 2. The molecule has 0 atom stereocenters. The molecule has 0 saturated heterocycles. The Hall–Kier alpha value is -2.16. The second-order valence-electron chi connectivity index (χ2n) is 4.62. The third kappa shape index (κ3) is 3.19. The lowest BCUT2D eigenvalue weighted by Gasteiger charge is -2.22. The van der Waals surface area contributed by atoms with E-state index in [9.17, 15) is 9.59 Å². The largest absolute Gasteiger partial charge is 0.387 e. The number of hydrogen-bond acceptors (Lipinski definition) is 3. The van der Waals surface area contributed by atoms with Crippen molar-refractivity contribution < 1.29 is 9.59 Å². The van der Waals surface area contributed by atoms with E-state index in [2.05, 4.69) is 11.9 Å². The van der Waals surface area contributed by atoms with Gasteiger partial charge in [0.2, 0.25) is 0 Å². The molecule has 2 rings (SSSR count). The lowest BCUT2D eigenvalue weighted by atomic mass is 9.80. The SMILES string of the molecule is C=CCNC=C1C(=O)CC(c2ccccc2)CC1=O. The highest BCUT2D eigenvalue weighted by molar-refractivity contribution is 6.22. The summed E-state index contributed by atoms with van der Waals surface area (Å²) in [7, 11) is 0. The average molecular weight is 255 g/mol. The minimum Gasteiger partial charge on any atom is -0.387 e. The fourth-order valence-corrected chi connectivity index (χ4v) is 2.26. The van der Waals surface area contributed by atoms with Crippen molar-refractivity contribution in [3.63, 3.8) is 0 Å². The monoisotopic (exact) mass is 255 g/mol. The predicted octanol–water partition coefficient (Wildman–Crippen LogP) is 2.36. The zero-order chi connectivity index (χ0) is 13.7. The van der Waals surface area contributed by atoms with Gasteiger partial charge in [0.1, 0.15) is 0 Å². The van der Waals surface area contributed by atoms with Crippen molar-refractivity contribution in [1.29, 1.82) is 0 Å². The maximum atomic E-state index is 12.0. The van der Waals surface area contributed by atoms with E-state index < -0.39 is 0 Å². The number of carbonyl (C=O) groups is 2. The Morgan fingerprint density at radius 1 is 1.16 bits per heavy atom. The molecule has 0 aliphatic heterocycles. The topological polar surface area (TPSA) is 46.2 Å². The molecule has 1 aromatic rings. The van der Waals surface area contributed by atoms with E-state index in [1.54, 1.807) is 6.08 Å². The zero-order valence-electron chi connectivity index (χ0n) is 10.8. The van der Waals surface area contributed by atoms with E-state index in [1.165, 1.54) is 6.20 Å². The maximum absolute atomic E-state index is 12.0. The minimum atomic E-state index is -0.0818. The van der Waals surface area contributed by atoms with Crippen LogP contribution in [0.2, 0.25) is 0 Å². The summed E-state index contributed by atoms with van der Waals surface area (Å²) in [4.78, 5) is 24.1. The highest BCUT2D eigenvalue weighted by atomic mass is 16.1. The van der Waals surface area contributed by atoms with Crippen LogP contribution in [0, 0.1) is 0 Å². The van der Waals surface area contributed by atoms with Crippen LogP contribution in [0.3, 0.4) is 0 Å². The van der Waals surface area contributed by atoms with Crippen molar-refractivity contribution in [2.24, 2.45) is 0 Å². The second-order valence-corrected chi connectivity index (χ2v) is 4.62. The van der Waals surface area contributed by atoms with Crippen LogP contribution in [-0.2, 0) is 9.59 Å². The zero-order valence-corrected chi connectivity index (χ0v) is 10.8. The van der Waals surface area contributed by atoms with Gasteiger partial charge in [0.05, 0.1) is 5.57 Å². The number of ketones is 2. The lowest BCUT2D eigenvalue weighted by molar-refractivity contribution is -0.124. The summed E-state index contributed by atoms with van der Waals surface area (Å²) in [6.07, 6.45) is 4.00. The third-order valence-corrected chi connectivity index (χ3v) is 3.24. The summed E-state index contributed by atoms with van der Waals surface area (Å²) in [5.74, 6) is -0.152. The molecule has 0 bridgehead atoms. The molecule has 3 heteroatoms. The highest BCUT2D eigenvalue weighted by Gasteiger charge is 2.30. The molecule has 19 heavy (non-hydrogen) atoms. The van der Waals surface area contributed by atoms with Gasteiger partial charge in [0, 0.05) is 25.6 Å². The molecule has 0 unspecified atom stereocenters. The van der Waals surface area contributed by atoms with Crippen LogP contribution in [0.4, 0.5) is 0 Å². The van der Waals surface area contributed by atoms with Crippen LogP contribution in [0.15, 0.2) is 54.8 Å². The van der Waals surface area contributed by atoms with Crippen LogP contribution in [0.1, 0.15) is 24.3 Å². The van der Waals surface area contributed by atoms with Gasteiger partial charge in [-0.05, 0) is 11.5 Å². The van der Waals surface area contributed by atoms with Gasteiger partial charge < -0.3 is 5.32 Å². The van der Waals surface area contributed by atoms with Gasteiger partial charge in [-0.1, -0.05) is 36.4 Å². The van der Waals surface area contributed by atoms with Crippen molar-refractivity contribution in [3.8, 4) is 0 Å². The number of carbonyl (C=O) groups excluding carboxylic acids is 2. The minimum absolute atomic E-state index is 0.0118. The molecule has 3 nitrogen and oxygen atoms in total. The first-order valence-corrected chi connectivity index (χ1v) is 6.38. The number of hydrogen-bond donors (Lipinski definition) is 1. The van der Waals surface area contributed by atoms with E-state index in [1.807, 2.05) is 30.3 Å². The summed E-state index contributed by atoms with van der Waals surface area (Å²) >= 11 is 0. The van der Waals surface area contributed by atoms with E-state index >= 15 is 0 Å². The van der Waals surface area contributed by atoms with Crippen LogP contribution >= 0.6 is 0 Å². The Balaban J connectivity index is 2.10. The van der Waals surface area contributed by atoms with Crippen LogP contribution in [0.25, 0.3) is 0 Å². The summed E-state index contributed by atoms with van der Waals surface area (Å²) in [5, 5.41) is 2.90. The van der Waals surface area contributed by atoms with Gasteiger partial charge in [0.15, 0.2) is 11.6 Å². The fraction of sp³-hybridized carbons (Fsp3) is 0.250. The Kier molecular flexibility index (Phi) is 4.29. The van der Waals surface area contributed by atoms with E-state index in [0.29, 0.717) is 19.4 Å². The smallest absolute Gasteiger partial charge is 0.168 e. The van der Waals surface area contributed by atoms with E-state index in [0.717, 1.165) is 5.56 Å². The summed E-state index contributed by atoms with van der Waals surface area (Å²) in [6, 6.07) is 9.73. The molecule has 1 fully saturated rings. The van der Waals surface area contributed by atoms with Gasteiger partial charge in [-0.3, -0.25) is 9.59 Å². The van der Waals surface area contributed by atoms with Crippen LogP contribution in [0.5, 0.6) is 0 Å². The molecular formula is C16H17NO2. The van der Waals surface area contributed by atoms with Gasteiger partial charge >= 0.3 is 0 Å². The molecule has 0 aromatic heterocycles. The first-order valence-electron chi connectivity index (χ1n) is 6.38. The van der Waals surface area contributed by atoms with Crippen LogP contribution < -0.4 is 5.32 Å². The number of benzene rings is 1. The average Bonchev–Trinajstić information content (AvgIpc) is 2.43.